The van der Waals surface area contributed by atoms with Crippen LogP contribution in [0.4, 0.5) is 17.6 Å². The number of aromatic nitrogens is 2. The van der Waals surface area contributed by atoms with E-state index in [4.69, 9.17) is 5.11 Å². The van der Waals surface area contributed by atoms with Gasteiger partial charge in [-0.15, -0.1) is 0 Å². The molecule has 0 amide bonds. The topological polar surface area (TPSA) is 55.1 Å². The molecule has 8 heteroatoms. The Morgan fingerprint density at radius 1 is 1.52 bits per heavy atom. The molecule has 4 nitrogen and oxygen atoms in total. The van der Waals surface area contributed by atoms with Crippen molar-refractivity contribution in [3.8, 4) is 0 Å². The first-order chi connectivity index (χ1) is 9.51. The van der Waals surface area contributed by atoms with Crippen molar-refractivity contribution >= 4 is 5.97 Å². The molecule has 1 aromatic heterocycles. The van der Waals surface area contributed by atoms with Gasteiger partial charge in [0.2, 0.25) is 5.92 Å². The number of carbonyl (C=O) groups is 1. The Bertz CT molecular complexity index is 563. The van der Waals surface area contributed by atoms with Crippen molar-refractivity contribution in [2.45, 2.75) is 51.5 Å². The summed E-state index contributed by atoms with van der Waals surface area (Å²) in [7, 11) is 0. The van der Waals surface area contributed by atoms with Gasteiger partial charge in [-0.3, -0.25) is 4.68 Å². The molecule has 0 spiro atoms. The smallest absolute Gasteiger partial charge is 0.354 e. The van der Waals surface area contributed by atoms with Gasteiger partial charge in [-0.2, -0.15) is 13.9 Å². The molecule has 1 heterocycles. The minimum Gasteiger partial charge on any atom is -0.477 e. The Kier molecular flexibility index (Phi) is 3.75. The van der Waals surface area contributed by atoms with Crippen LogP contribution in [0.2, 0.25) is 0 Å². The summed E-state index contributed by atoms with van der Waals surface area (Å²) in [6.07, 6.45) is -0.414. The Morgan fingerprint density at radius 3 is 2.57 bits per heavy atom. The highest BCUT2D eigenvalue weighted by Crippen LogP contribution is 2.40. The van der Waals surface area contributed by atoms with Gasteiger partial charge in [-0.25, -0.2) is 13.6 Å². The second-order valence-electron chi connectivity index (χ2n) is 5.66. The van der Waals surface area contributed by atoms with Crippen molar-refractivity contribution in [3.63, 3.8) is 0 Å². The van der Waals surface area contributed by atoms with E-state index in [2.05, 4.69) is 5.10 Å². The maximum absolute atomic E-state index is 13.4. The van der Waals surface area contributed by atoms with E-state index in [0.717, 1.165) is 4.68 Å². The zero-order valence-corrected chi connectivity index (χ0v) is 11.7. The fourth-order valence-corrected chi connectivity index (χ4v) is 2.81. The molecule has 1 saturated carbocycles. The molecule has 0 saturated heterocycles. The fraction of sp³-hybridized carbons (Fsp3) is 0.692. The average molecular weight is 308 g/mol. The third kappa shape index (κ3) is 3.19. The number of hydrogen-bond acceptors (Lipinski definition) is 2. The van der Waals surface area contributed by atoms with Crippen LogP contribution < -0.4 is 0 Å². The van der Waals surface area contributed by atoms with Crippen LogP contribution in [0.3, 0.4) is 0 Å². The summed E-state index contributed by atoms with van der Waals surface area (Å²) < 4.78 is 54.1. The zero-order chi connectivity index (χ0) is 16.0. The second-order valence-corrected chi connectivity index (χ2v) is 5.66. The Hall–Kier alpha value is -1.60. The summed E-state index contributed by atoms with van der Waals surface area (Å²) in [4.78, 5) is 11.2. The van der Waals surface area contributed by atoms with Gasteiger partial charge in [-0.1, -0.05) is 0 Å². The van der Waals surface area contributed by atoms with E-state index in [0.29, 0.717) is 6.92 Å². The molecule has 118 valence electrons. The van der Waals surface area contributed by atoms with Crippen molar-refractivity contribution in [2.75, 3.05) is 0 Å². The molecule has 1 fully saturated rings. The van der Waals surface area contributed by atoms with E-state index in [1.807, 2.05) is 0 Å². The van der Waals surface area contributed by atoms with Gasteiger partial charge in [0.25, 0.3) is 5.92 Å². The monoisotopic (exact) mass is 308 g/mol. The highest BCUT2D eigenvalue weighted by Gasteiger charge is 2.41. The highest BCUT2D eigenvalue weighted by molar-refractivity contribution is 5.87. The summed E-state index contributed by atoms with van der Waals surface area (Å²) >= 11 is 0. The van der Waals surface area contributed by atoms with Crippen LogP contribution in [0.15, 0.2) is 0 Å². The SMILES string of the molecule is Cc1c(C(C)(F)F)nn(CC2CCC(F)(F)C2)c1C(=O)O. The minimum atomic E-state index is -3.28. The third-order valence-electron chi connectivity index (χ3n) is 3.74. The molecule has 21 heavy (non-hydrogen) atoms. The summed E-state index contributed by atoms with van der Waals surface area (Å²) in [5, 5.41) is 12.8. The van der Waals surface area contributed by atoms with Crippen LogP contribution in [0.25, 0.3) is 0 Å². The molecule has 0 radical (unpaired) electrons. The van der Waals surface area contributed by atoms with E-state index in [9.17, 15) is 22.4 Å². The first-order valence-electron chi connectivity index (χ1n) is 6.58. The fourth-order valence-electron chi connectivity index (χ4n) is 2.81. The molecular formula is C13H16F4N2O2. The summed E-state index contributed by atoms with van der Waals surface area (Å²) in [6.45, 7) is 1.79. The van der Waals surface area contributed by atoms with Crippen molar-refractivity contribution in [1.29, 1.82) is 0 Å². The first kappa shape index (κ1) is 15.8. The van der Waals surface area contributed by atoms with E-state index in [1.165, 1.54) is 6.92 Å². The average Bonchev–Trinajstić information content (AvgIpc) is 2.79. The molecule has 1 unspecified atom stereocenters. The van der Waals surface area contributed by atoms with Gasteiger partial charge < -0.3 is 5.11 Å². The lowest BCUT2D eigenvalue weighted by Crippen LogP contribution is -2.18. The highest BCUT2D eigenvalue weighted by atomic mass is 19.3. The molecule has 0 bridgehead atoms. The molecule has 1 N–H and O–H groups in total. The minimum absolute atomic E-state index is 0.0891. The van der Waals surface area contributed by atoms with Crippen LogP contribution in [0, 0.1) is 12.8 Å². The molecule has 1 atom stereocenters. The van der Waals surface area contributed by atoms with Crippen LogP contribution in [0.5, 0.6) is 0 Å². The number of alkyl halides is 4. The molecule has 1 aliphatic carbocycles. The number of carboxylic acid groups (broad SMARTS) is 1. The molecular weight excluding hydrogens is 292 g/mol. The first-order valence-corrected chi connectivity index (χ1v) is 6.58. The summed E-state index contributed by atoms with van der Waals surface area (Å²) in [6, 6.07) is 0. The number of aromatic carboxylic acids is 1. The van der Waals surface area contributed by atoms with Crippen LogP contribution in [-0.2, 0) is 12.5 Å². The number of rotatable bonds is 4. The molecule has 0 aliphatic heterocycles. The molecule has 1 aliphatic rings. The number of hydrogen-bond donors (Lipinski definition) is 1. The number of halogens is 4. The van der Waals surface area contributed by atoms with Gasteiger partial charge in [0.15, 0.2) is 0 Å². The molecule has 2 rings (SSSR count). The summed E-state index contributed by atoms with van der Waals surface area (Å²) in [5.41, 5.74) is -1.11. The Balaban J connectivity index is 2.33. The van der Waals surface area contributed by atoms with Crippen molar-refractivity contribution in [2.24, 2.45) is 5.92 Å². The van der Waals surface area contributed by atoms with E-state index >= 15 is 0 Å². The van der Waals surface area contributed by atoms with Gasteiger partial charge in [0.05, 0.1) is 0 Å². The standard InChI is InChI=1S/C13H16F4N2O2/c1-7-9(11(20)21)19(18-10(7)12(2,14)15)6-8-3-4-13(16,17)5-8/h8H,3-6H2,1-2H3,(H,20,21). The van der Waals surface area contributed by atoms with Gasteiger partial charge in [0, 0.05) is 31.9 Å². The van der Waals surface area contributed by atoms with E-state index < -0.39 is 29.4 Å². The van der Waals surface area contributed by atoms with Gasteiger partial charge in [-0.05, 0) is 19.3 Å². The van der Waals surface area contributed by atoms with Gasteiger partial charge in [0.1, 0.15) is 11.4 Å². The Labute approximate surface area is 118 Å². The zero-order valence-electron chi connectivity index (χ0n) is 11.7. The van der Waals surface area contributed by atoms with E-state index in [1.54, 1.807) is 0 Å². The van der Waals surface area contributed by atoms with E-state index in [-0.39, 0.29) is 37.1 Å². The van der Waals surface area contributed by atoms with Crippen molar-refractivity contribution < 1.29 is 27.5 Å². The predicted octanol–water partition coefficient (Wildman–Crippen LogP) is 3.44. The largest absolute Gasteiger partial charge is 0.477 e. The normalized spacial score (nSPS) is 21.7. The Morgan fingerprint density at radius 2 is 2.14 bits per heavy atom. The number of carboxylic acids is 1. The van der Waals surface area contributed by atoms with Crippen LogP contribution >= 0.6 is 0 Å². The molecule has 1 aromatic rings. The lowest BCUT2D eigenvalue weighted by atomic mass is 10.1. The maximum Gasteiger partial charge on any atom is 0.354 e. The lowest BCUT2D eigenvalue weighted by Gasteiger charge is -2.12. The van der Waals surface area contributed by atoms with Crippen molar-refractivity contribution in [3.05, 3.63) is 17.0 Å². The van der Waals surface area contributed by atoms with Crippen LogP contribution in [-0.4, -0.2) is 26.8 Å². The third-order valence-corrected chi connectivity index (χ3v) is 3.74. The second kappa shape index (κ2) is 4.99. The lowest BCUT2D eigenvalue weighted by molar-refractivity contribution is 0.00344. The van der Waals surface area contributed by atoms with Crippen LogP contribution in [0.1, 0.15) is 47.9 Å². The number of nitrogens with zero attached hydrogens (tertiary/aromatic N) is 2. The van der Waals surface area contributed by atoms with Crippen molar-refractivity contribution in [1.82, 2.24) is 9.78 Å². The quantitative estimate of drug-likeness (QED) is 0.867. The maximum atomic E-state index is 13.4. The summed E-state index contributed by atoms with van der Waals surface area (Å²) in [5.74, 6) is -7.90. The molecule has 0 aromatic carbocycles. The predicted molar refractivity (Wildman–Crippen MR) is 65.8 cm³/mol. The van der Waals surface area contributed by atoms with Gasteiger partial charge >= 0.3 is 5.97 Å².